The Balaban J connectivity index is 1.56. The van der Waals surface area contributed by atoms with Crippen LogP contribution in [-0.2, 0) is 0 Å². The summed E-state index contributed by atoms with van der Waals surface area (Å²) in [7, 11) is 0. The summed E-state index contributed by atoms with van der Waals surface area (Å²) in [5.74, 6) is 1.85. The summed E-state index contributed by atoms with van der Waals surface area (Å²) in [6.45, 7) is 1.50. The lowest BCUT2D eigenvalue weighted by Gasteiger charge is -2.31. The Morgan fingerprint density at radius 1 is 1.24 bits per heavy atom. The molecule has 3 aromatic heterocycles. The van der Waals surface area contributed by atoms with Gasteiger partial charge in [0, 0.05) is 43.4 Å². The molecule has 124 valence electrons. The predicted molar refractivity (Wildman–Crippen MR) is 88.5 cm³/mol. The van der Waals surface area contributed by atoms with Gasteiger partial charge in [0.25, 0.3) is 0 Å². The molecule has 1 fully saturated rings. The third-order valence-electron chi connectivity index (χ3n) is 4.22. The Labute approximate surface area is 144 Å². The maximum atomic E-state index is 9.24. The van der Waals surface area contributed by atoms with Crippen LogP contribution in [0.15, 0.2) is 41.4 Å². The van der Waals surface area contributed by atoms with E-state index in [1.54, 1.807) is 18.6 Å². The van der Waals surface area contributed by atoms with Crippen molar-refractivity contribution in [2.75, 3.05) is 18.0 Å². The van der Waals surface area contributed by atoms with Crippen LogP contribution in [0.2, 0.25) is 0 Å². The SMILES string of the molecule is N#Cc1nccnc1N1CCC[C@H](c2nc(-c3cccnc3)no2)C1. The van der Waals surface area contributed by atoms with E-state index in [0.717, 1.165) is 24.9 Å². The van der Waals surface area contributed by atoms with Crippen LogP contribution in [0.3, 0.4) is 0 Å². The van der Waals surface area contributed by atoms with Crippen LogP contribution < -0.4 is 4.90 Å². The molecule has 4 rings (SSSR count). The zero-order valence-corrected chi connectivity index (χ0v) is 13.4. The molecule has 1 aliphatic rings. The van der Waals surface area contributed by atoms with E-state index in [9.17, 15) is 5.26 Å². The molecule has 8 nitrogen and oxygen atoms in total. The van der Waals surface area contributed by atoms with Gasteiger partial charge in [-0.1, -0.05) is 5.16 Å². The Bertz CT molecular complexity index is 903. The molecule has 25 heavy (non-hydrogen) atoms. The lowest BCUT2D eigenvalue weighted by atomic mass is 9.98. The van der Waals surface area contributed by atoms with E-state index < -0.39 is 0 Å². The minimum absolute atomic E-state index is 0.0974. The first-order valence-corrected chi connectivity index (χ1v) is 8.05. The molecule has 0 N–H and O–H groups in total. The molecular weight excluding hydrogens is 318 g/mol. The second-order valence-corrected chi connectivity index (χ2v) is 5.82. The highest BCUT2D eigenvalue weighted by molar-refractivity contribution is 5.52. The molecule has 1 saturated heterocycles. The first kappa shape index (κ1) is 15.2. The van der Waals surface area contributed by atoms with E-state index in [2.05, 4.69) is 36.1 Å². The van der Waals surface area contributed by atoms with Crippen molar-refractivity contribution in [2.45, 2.75) is 18.8 Å². The van der Waals surface area contributed by atoms with Crippen LogP contribution in [0.4, 0.5) is 5.82 Å². The first-order valence-electron chi connectivity index (χ1n) is 8.05. The number of nitriles is 1. The highest BCUT2D eigenvalue weighted by atomic mass is 16.5. The minimum atomic E-state index is 0.0974. The lowest BCUT2D eigenvalue weighted by Crippen LogP contribution is -2.35. The van der Waals surface area contributed by atoms with E-state index in [1.807, 2.05) is 12.1 Å². The first-order chi connectivity index (χ1) is 12.3. The highest BCUT2D eigenvalue weighted by Crippen LogP contribution is 2.30. The monoisotopic (exact) mass is 333 g/mol. The molecule has 0 unspecified atom stereocenters. The zero-order chi connectivity index (χ0) is 17.1. The molecule has 0 spiro atoms. The third-order valence-corrected chi connectivity index (χ3v) is 4.22. The van der Waals surface area contributed by atoms with Crippen LogP contribution in [-0.4, -0.2) is 38.2 Å². The smallest absolute Gasteiger partial charge is 0.231 e. The van der Waals surface area contributed by atoms with Crippen molar-refractivity contribution in [2.24, 2.45) is 0 Å². The molecule has 0 saturated carbocycles. The molecule has 1 aliphatic heterocycles. The fourth-order valence-corrected chi connectivity index (χ4v) is 3.03. The number of pyridine rings is 1. The van der Waals surface area contributed by atoms with E-state index in [1.165, 1.54) is 6.20 Å². The van der Waals surface area contributed by atoms with Crippen LogP contribution in [0.1, 0.15) is 30.3 Å². The largest absolute Gasteiger partial charge is 0.353 e. The molecule has 0 bridgehead atoms. The Kier molecular flexibility index (Phi) is 4.04. The van der Waals surface area contributed by atoms with Crippen molar-refractivity contribution in [1.82, 2.24) is 25.1 Å². The van der Waals surface area contributed by atoms with Crippen LogP contribution in [0.5, 0.6) is 0 Å². The van der Waals surface area contributed by atoms with Crippen LogP contribution in [0.25, 0.3) is 11.4 Å². The van der Waals surface area contributed by atoms with Gasteiger partial charge in [-0.15, -0.1) is 0 Å². The molecule has 4 heterocycles. The van der Waals surface area contributed by atoms with Crippen molar-refractivity contribution in [3.8, 4) is 17.5 Å². The van der Waals surface area contributed by atoms with Gasteiger partial charge >= 0.3 is 0 Å². The number of aromatic nitrogens is 5. The van der Waals surface area contributed by atoms with Crippen molar-refractivity contribution >= 4 is 5.82 Å². The van der Waals surface area contributed by atoms with Crippen molar-refractivity contribution in [3.05, 3.63) is 48.5 Å². The van der Waals surface area contributed by atoms with Gasteiger partial charge in [0.2, 0.25) is 11.7 Å². The molecule has 1 atom stereocenters. The average Bonchev–Trinajstić information content (AvgIpc) is 3.19. The average molecular weight is 333 g/mol. The van der Waals surface area contributed by atoms with E-state index in [-0.39, 0.29) is 5.92 Å². The number of piperidine rings is 1. The van der Waals surface area contributed by atoms with Crippen LogP contribution in [0, 0.1) is 11.3 Å². The van der Waals surface area contributed by atoms with Gasteiger partial charge < -0.3 is 9.42 Å². The van der Waals surface area contributed by atoms with Crippen molar-refractivity contribution in [1.29, 1.82) is 5.26 Å². The Morgan fingerprint density at radius 2 is 2.16 bits per heavy atom. The maximum Gasteiger partial charge on any atom is 0.231 e. The number of hydrogen-bond donors (Lipinski definition) is 0. The number of hydrogen-bond acceptors (Lipinski definition) is 8. The third kappa shape index (κ3) is 3.04. The summed E-state index contributed by atoms with van der Waals surface area (Å²) in [6.07, 6.45) is 8.45. The standard InChI is InChI=1S/C17H15N7O/c18-9-14-16(21-7-6-20-14)24-8-2-4-13(11-24)17-22-15(23-25-17)12-3-1-5-19-10-12/h1,3,5-7,10,13H,2,4,8,11H2/t13-/m0/s1. The van der Waals surface area contributed by atoms with E-state index in [0.29, 0.717) is 29.8 Å². The predicted octanol–water partition coefficient (Wildman–Crippen LogP) is 2.18. The summed E-state index contributed by atoms with van der Waals surface area (Å²) in [5.41, 5.74) is 1.16. The molecular formula is C17H15N7O. The highest BCUT2D eigenvalue weighted by Gasteiger charge is 2.28. The quantitative estimate of drug-likeness (QED) is 0.718. The molecule has 3 aromatic rings. The number of anilines is 1. The summed E-state index contributed by atoms with van der Waals surface area (Å²) in [4.78, 5) is 19.1. The zero-order valence-electron chi connectivity index (χ0n) is 13.4. The summed E-state index contributed by atoms with van der Waals surface area (Å²) in [6, 6.07) is 5.83. The maximum absolute atomic E-state index is 9.24. The van der Waals surface area contributed by atoms with Gasteiger partial charge in [-0.25, -0.2) is 9.97 Å². The summed E-state index contributed by atoms with van der Waals surface area (Å²) < 4.78 is 5.48. The van der Waals surface area contributed by atoms with Crippen molar-refractivity contribution < 1.29 is 4.52 Å². The van der Waals surface area contributed by atoms with Gasteiger partial charge in [-0.3, -0.25) is 4.98 Å². The summed E-state index contributed by atoms with van der Waals surface area (Å²) >= 11 is 0. The lowest BCUT2D eigenvalue weighted by molar-refractivity contribution is 0.333. The van der Waals surface area contributed by atoms with Crippen molar-refractivity contribution in [3.63, 3.8) is 0 Å². The second-order valence-electron chi connectivity index (χ2n) is 5.82. The molecule has 0 aliphatic carbocycles. The fourth-order valence-electron chi connectivity index (χ4n) is 3.03. The fraction of sp³-hybridized carbons (Fsp3) is 0.294. The molecule has 0 aromatic carbocycles. The topological polar surface area (TPSA) is 105 Å². The Hall–Kier alpha value is -3.34. The number of nitrogens with zero attached hydrogens (tertiary/aromatic N) is 7. The number of rotatable bonds is 3. The molecule has 8 heteroatoms. The van der Waals surface area contributed by atoms with E-state index in [4.69, 9.17) is 4.52 Å². The molecule has 0 amide bonds. The van der Waals surface area contributed by atoms with Gasteiger partial charge in [-0.05, 0) is 25.0 Å². The van der Waals surface area contributed by atoms with Gasteiger partial charge in [0.15, 0.2) is 11.5 Å². The van der Waals surface area contributed by atoms with E-state index >= 15 is 0 Å². The second kappa shape index (κ2) is 6.65. The minimum Gasteiger partial charge on any atom is -0.353 e. The molecule has 0 radical (unpaired) electrons. The normalized spacial score (nSPS) is 17.2. The van der Waals surface area contributed by atoms with Gasteiger partial charge in [-0.2, -0.15) is 10.2 Å². The Morgan fingerprint density at radius 3 is 3.00 bits per heavy atom. The van der Waals surface area contributed by atoms with Gasteiger partial charge in [0.05, 0.1) is 5.92 Å². The summed E-state index contributed by atoms with van der Waals surface area (Å²) in [5, 5.41) is 13.3. The van der Waals surface area contributed by atoms with Gasteiger partial charge in [0.1, 0.15) is 6.07 Å². The van der Waals surface area contributed by atoms with Crippen LogP contribution >= 0.6 is 0 Å².